The van der Waals surface area contributed by atoms with E-state index in [1.165, 1.54) is 7.11 Å². The molecule has 1 aliphatic rings. The van der Waals surface area contributed by atoms with Crippen LogP contribution in [0.25, 0.3) is 0 Å². The van der Waals surface area contributed by atoms with Crippen molar-refractivity contribution in [3.05, 3.63) is 0 Å². The van der Waals surface area contributed by atoms with Crippen LogP contribution in [0.2, 0.25) is 0 Å². The molecule has 110 valence electrons. The fraction of sp³-hybridized carbons (Fsp3) is 0.833. The minimum Gasteiger partial charge on any atom is -0.481 e. The Balaban J connectivity index is 2.47. The van der Waals surface area contributed by atoms with Crippen LogP contribution in [-0.2, 0) is 14.3 Å². The maximum absolute atomic E-state index is 12.0. The highest BCUT2D eigenvalue weighted by molar-refractivity contribution is 8.06. The van der Waals surface area contributed by atoms with Crippen molar-refractivity contribution in [1.82, 2.24) is 5.32 Å². The van der Waals surface area contributed by atoms with E-state index in [9.17, 15) is 9.59 Å². The second kappa shape index (κ2) is 8.01. The average Bonchev–Trinajstić information content (AvgIpc) is 2.28. The van der Waals surface area contributed by atoms with E-state index in [0.29, 0.717) is 11.7 Å². The van der Waals surface area contributed by atoms with Crippen molar-refractivity contribution in [3.8, 4) is 0 Å². The van der Waals surface area contributed by atoms with Crippen molar-refractivity contribution < 1.29 is 19.4 Å². The number of aliphatic carboxylic acids is 1. The average molecular weight is 307 g/mol. The van der Waals surface area contributed by atoms with Crippen LogP contribution in [0.1, 0.15) is 19.8 Å². The van der Waals surface area contributed by atoms with E-state index >= 15 is 0 Å². The summed E-state index contributed by atoms with van der Waals surface area (Å²) in [5, 5.41) is 12.0. The Kier molecular flexibility index (Phi) is 7.02. The molecule has 1 heterocycles. The standard InChI is InChI=1S/C12H21NO4S2/c1-12(8-17-2,6-11(15)16)13-10(14)5-9-7-18-3-4-19-9/h9H,3-8H2,1-2H3,(H,13,14)(H,15,16). The molecular formula is C12H21NO4S2. The molecule has 7 heteroatoms. The molecule has 2 N–H and O–H groups in total. The minimum absolute atomic E-state index is 0.0965. The first-order valence-electron chi connectivity index (χ1n) is 6.16. The third kappa shape index (κ3) is 6.54. The largest absolute Gasteiger partial charge is 0.481 e. The first-order valence-corrected chi connectivity index (χ1v) is 8.36. The number of hydrogen-bond donors (Lipinski definition) is 2. The van der Waals surface area contributed by atoms with Gasteiger partial charge in [-0.1, -0.05) is 0 Å². The van der Waals surface area contributed by atoms with Crippen molar-refractivity contribution in [2.24, 2.45) is 0 Å². The molecule has 1 rings (SSSR count). The van der Waals surface area contributed by atoms with Crippen LogP contribution in [0, 0.1) is 0 Å². The number of carboxylic acids is 1. The second-order valence-corrected chi connectivity index (χ2v) is 7.44. The molecule has 2 unspecified atom stereocenters. The van der Waals surface area contributed by atoms with Crippen molar-refractivity contribution >= 4 is 35.4 Å². The van der Waals surface area contributed by atoms with Crippen molar-refractivity contribution in [3.63, 3.8) is 0 Å². The van der Waals surface area contributed by atoms with E-state index < -0.39 is 11.5 Å². The van der Waals surface area contributed by atoms with Gasteiger partial charge >= 0.3 is 5.97 Å². The number of hydrogen-bond acceptors (Lipinski definition) is 5. The molecule has 0 aromatic carbocycles. The van der Waals surface area contributed by atoms with Crippen LogP contribution in [0.4, 0.5) is 0 Å². The van der Waals surface area contributed by atoms with E-state index in [1.807, 2.05) is 23.5 Å². The third-order valence-electron chi connectivity index (χ3n) is 2.74. The molecule has 5 nitrogen and oxygen atoms in total. The Morgan fingerprint density at radius 2 is 2.21 bits per heavy atom. The van der Waals surface area contributed by atoms with Crippen LogP contribution >= 0.6 is 23.5 Å². The highest BCUT2D eigenvalue weighted by Crippen LogP contribution is 2.26. The van der Waals surface area contributed by atoms with Gasteiger partial charge in [0, 0.05) is 36.0 Å². The molecule has 19 heavy (non-hydrogen) atoms. The van der Waals surface area contributed by atoms with Gasteiger partial charge in [-0.2, -0.15) is 23.5 Å². The molecule has 0 radical (unpaired) electrons. The summed E-state index contributed by atoms with van der Waals surface area (Å²) in [6.07, 6.45) is 0.301. The molecule has 0 aromatic heterocycles. The fourth-order valence-electron chi connectivity index (χ4n) is 2.03. The predicted molar refractivity (Wildman–Crippen MR) is 78.9 cm³/mol. The summed E-state index contributed by atoms with van der Waals surface area (Å²) >= 11 is 3.68. The third-order valence-corrected chi connectivity index (χ3v) is 5.59. The normalized spacial score (nSPS) is 22.5. The molecule has 1 aliphatic heterocycles. The molecule has 0 aliphatic carbocycles. The number of amides is 1. The fourth-order valence-corrected chi connectivity index (χ4v) is 4.71. The molecular weight excluding hydrogens is 286 g/mol. The first kappa shape index (κ1) is 16.7. The van der Waals surface area contributed by atoms with Gasteiger partial charge in [0.05, 0.1) is 18.6 Å². The molecule has 0 aromatic rings. The zero-order valence-corrected chi connectivity index (χ0v) is 12.9. The summed E-state index contributed by atoms with van der Waals surface area (Å²) in [5.74, 6) is 2.16. The lowest BCUT2D eigenvalue weighted by Gasteiger charge is -2.29. The number of carbonyl (C=O) groups is 2. The van der Waals surface area contributed by atoms with Gasteiger partial charge in [0.1, 0.15) is 0 Å². The highest BCUT2D eigenvalue weighted by Gasteiger charge is 2.30. The smallest absolute Gasteiger partial charge is 0.305 e. The molecule has 1 amide bonds. The summed E-state index contributed by atoms with van der Waals surface area (Å²) < 4.78 is 5.01. The zero-order chi connectivity index (χ0) is 14.3. The lowest BCUT2D eigenvalue weighted by Crippen LogP contribution is -2.51. The Morgan fingerprint density at radius 3 is 2.74 bits per heavy atom. The lowest BCUT2D eigenvalue weighted by molar-refractivity contribution is -0.139. The van der Waals surface area contributed by atoms with Gasteiger partial charge < -0.3 is 15.2 Å². The Bertz CT molecular complexity index is 321. The van der Waals surface area contributed by atoms with Gasteiger partial charge in [0.15, 0.2) is 0 Å². The van der Waals surface area contributed by atoms with Gasteiger partial charge in [-0.25, -0.2) is 0 Å². The van der Waals surface area contributed by atoms with Crippen molar-refractivity contribution in [2.75, 3.05) is 31.0 Å². The quantitative estimate of drug-likeness (QED) is 0.736. The molecule has 1 saturated heterocycles. The van der Waals surface area contributed by atoms with E-state index in [2.05, 4.69) is 5.32 Å². The van der Waals surface area contributed by atoms with E-state index in [4.69, 9.17) is 9.84 Å². The summed E-state index contributed by atoms with van der Waals surface area (Å²) in [7, 11) is 1.50. The molecule has 0 saturated carbocycles. The number of nitrogens with one attached hydrogen (secondary N) is 1. The Hall–Kier alpha value is -0.400. The zero-order valence-electron chi connectivity index (χ0n) is 11.3. The topological polar surface area (TPSA) is 75.6 Å². The van der Waals surface area contributed by atoms with Gasteiger partial charge in [-0.05, 0) is 6.92 Å². The van der Waals surface area contributed by atoms with E-state index in [1.54, 1.807) is 6.92 Å². The van der Waals surface area contributed by atoms with Gasteiger partial charge in [0.25, 0.3) is 0 Å². The Labute approximate surface area is 122 Å². The summed E-state index contributed by atoms with van der Waals surface area (Å²) in [5.41, 5.74) is -0.843. The number of carboxylic acid groups (broad SMARTS) is 1. The summed E-state index contributed by atoms with van der Waals surface area (Å²) in [6, 6.07) is 0. The summed E-state index contributed by atoms with van der Waals surface area (Å²) in [6.45, 7) is 1.89. The minimum atomic E-state index is -0.942. The molecule has 0 bridgehead atoms. The van der Waals surface area contributed by atoms with Gasteiger partial charge in [-0.3, -0.25) is 9.59 Å². The number of methoxy groups -OCH3 is 1. The Morgan fingerprint density at radius 1 is 1.47 bits per heavy atom. The van der Waals surface area contributed by atoms with E-state index in [0.717, 1.165) is 17.3 Å². The SMILES string of the molecule is COCC(C)(CC(=O)O)NC(=O)CC1CSCCS1. The van der Waals surface area contributed by atoms with Crippen LogP contribution < -0.4 is 5.32 Å². The van der Waals surface area contributed by atoms with Gasteiger partial charge in [0.2, 0.25) is 5.91 Å². The molecule has 2 atom stereocenters. The maximum Gasteiger partial charge on any atom is 0.305 e. The van der Waals surface area contributed by atoms with Crippen LogP contribution in [0.3, 0.4) is 0 Å². The molecule has 1 fully saturated rings. The maximum atomic E-state index is 12.0. The van der Waals surface area contributed by atoms with Crippen LogP contribution in [-0.4, -0.2) is 58.7 Å². The highest BCUT2D eigenvalue weighted by atomic mass is 32.2. The second-order valence-electron chi connectivity index (χ2n) is 4.88. The number of thioether (sulfide) groups is 2. The monoisotopic (exact) mass is 307 g/mol. The molecule has 0 spiro atoms. The van der Waals surface area contributed by atoms with Gasteiger partial charge in [-0.15, -0.1) is 0 Å². The summed E-state index contributed by atoms with van der Waals surface area (Å²) in [4.78, 5) is 22.8. The van der Waals surface area contributed by atoms with Crippen LogP contribution in [0.15, 0.2) is 0 Å². The van der Waals surface area contributed by atoms with Crippen molar-refractivity contribution in [1.29, 1.82) is 0 Å². The number of carbonyl (C=O) groups excluding carboxylic acids is 1. The first-order chi connectivity index (χ1) is 8.95. The number of rotatable bonds is 7. The van der Waals surface area contributed by atoms with Crippen LogP contribution in [0.5, 0.6) is 0 Å². The van der Waals surface area contributed by atoms with E-state index in [-0.39, 0.29) is 18.9 Å². The predicted octanol–water partition coefficient (Wildman–Crippen LogP) is 1.22. The lowest BCUT2D eigenvalue weighted by atomic mass is 9.98. The number of ether oxygens (including phenoxy) is 1. The van der Waals surface area contributed by atoms with Crippen molar-refractivity contribution in [2.45, 2.75) is 30.6 Å².